The highest BCUT2D eigenvalue weighted by Gasteiger charge is 2.15. The van der Waals surface area contributed by atoms with E-state index in [1.165, 1.54) is 0 Å². The lowest BCUT2D eigenvalue weighted by molar-refractivity contribution is -0.122. The van der Waals surface area contributed by atoms with E-state index in [2.05, 4.69) is 5.32 Å². The second-order valence-corrected chi connectivity index (χ2v) is 4.74. The fourth-order valence-corrected chi connectivity index (χ4v) is 1.88. The summed E-state index contributed by atoms with van der Waals surface area (Å²) in [5, 5.41) is 2.86. The van der Waals surface area contributed by atoms with Gasteiger partial charge in [0.15, 0.2) is 6.10 Å². The van der Waals surface area contributed by atoms with Gasteiger partial charge in [0.2, 0.25) is 0 Å². The van der Waals surface area contributed by atoms with Gasteiger partial charge in [-0.05, 0) is 37.6 Å². The second kappa shape index (κ2) is 6.79. The van der Waals surface area contributed by atoms with Gasteiger partial charge in [-0.2, -0.15) is 0 Å². The summed E-state index contributed by atoms with van der Waals surface area (Å²) in [4.78, 5) is 12.2. The van der Waals surface area contributed by atoms with Crippen LogP contribution in [0.2, 0.25) is 0 Å². The topological polar surface area (TPSA) is 47.6 Å². The number of para-hydroxylation sites is 1. The first-order chi connectivity index (χ1) is 10.1. The van der Waals surface area contributed by atoms with Crippen LogP contribution in [0.25, 0.3) is 0 Å². The van der Waals surface area contributed by atoms with Crippen LogP contribution in [0, 0.1) is 6.92 Å². The maximum absolute atomic E-state index is 12.2. The number of hydrogen-bond acceptors (Lipinski definition) is 3. The number of ether oxygens (including phenoxy) is 2. The Labute approximate surface area is 124 Å². The third kappa shape index (κ3) is 3.99. The van der Waals surface area contributed by atoms with Gasteiger partial charge in [-0.1, -0.05) is 24.3 Å². The molecule has 1 atom stereocenters. The molecule has 0 aliphatic rings. The first-order valence-electron chi connectivity index (χ1n) is 6.77. The molecule has 0 spiro atoms. The maximum atomic E-state index is 12.2. The highest BCUT2D eigenvalue weighted by atomic mass is 16.5. The van der Waals surface area contributed by atoms with E-state index in [9.17, 15) is 4.79 Å². The summed E-state index contributed by atoms with van der Waals surface area (Å²) in [7, 11) is 1.59. The van der Waals surface area contributed by atoms with Gasteiger partial charge in [0, 0.05) is 11.8 Å². The van der Waals surface area contributed by atoms with Crippen LogP contribution in [0.3, 0.4) is 0 Å². The van der Waals surface area contributed by atoms with Crippen molar-refractivity contribution in [3.05, 3.63) is 54.1 Å². The molecule has 2 aromatic rings. The van der Waals surface area contributed by atoms with Crippen molar-refractivity contribution in [2.45, 2.75) is 20.0 Å². The van der Waals surface area contributed by atoms with Crippen LogP contribution in [-0.2, 0) is 4.79 Å². The van der Waals surface area contributed by atoms with Gasteiger partial charge >= 0.3 is 0 Å². The molecule has 4 nitrogen and oxygen atoms in total. The number of anilines is 1. The van der Waals surface area contributed by atoms with Crippen molar-refractivity contribution in [2.24, 2.45) is 0 Å². The number of carbonyl (C=O) groups is 1. The maximum Gasteiger partial charge on any atom is 0.265 e. The molecule has 0 heterocycles. The molecule has 0 aliphatic heterocycles. The molecule has 2 rings (SSSR count). The largest absolute Gasteiger partial charge is 0.497 e. The van der Waals surface area contributed by atoms with Crippen molar-refractivity contribution >= 4 is 11.6 Å². The number of hydrogen-bond donors (Lipinski definition) is 1. The van der Waals surface area contributed by atoms with E-state index in [1.54, 1.807) is 26.2 Å². The zero-order valence-electron chi connectivity index (χ0n) is 12.4. The number of aryl methyl sites for hydroxylation is 1. The molecular formula is C17H19NO3. The Balaban J connectivity index is 2.01. The quantitative estimate of drug-likeness (QED) is 0.915. The summed E-state index contributed by atoms with van der Waals surface area (Å²) in [6.07, 6.45) is -0.600. The lowest BCUT2D eigenvalue weighted by Crippen LogP contribution is -2.30. The predicted octanol–water partition coefficient (Wildman–Crippen LogP) is 3.41. The van der Waals surface area contributed by atoms with Crippen LogP contribution in [-0.4, -0.2) is 19.1 Å². The van der Waals surface area contributed by atoms with Crippen molar-refractivity contribution in [2.75, 3.05) is 12.4 Å². The molecule has 0 aliphatic carbocycles. The smallest absolute Gasteiger partial charge is 0.265 e. The average molecular weight is 285 g/mol. The zero-order chi connectivity index (χ0) is 15.2. The second-order valence-electron chi connectivity index (χ2n) is 4.74. The Kier molecular flexibility index (Phi) is 4.82. The zero-order valence-corrected chi connectivity index (χ0v) is 12.4. The minimum Gasteiger partial charge on any atom is -0.497 e. The lowest BCUT2D eigenvalue weighted by atomic mass is 10.2. The number of rotatable bonds is 5. The number of methoxy groups -OCH3 is 1. The van der Waals surface area contributed by atoms with Crippen LogP contribution in [0.1, 0.15) is 12.5 Å². The molecule has 0 fully saturated rings. The number of amides is 1. The Morgan fingerprint density at radius 3 is 2.52 bits per heavy atom. The van der Waals surface area contributed by atoms with Gasteiger partial charge in [0.05, 0.1) is 7.11 Å². The average Bonchev–Trinajstić information content (AvgIpc) is 2.49. The fourth-order valence-electron chi connectivity index (χ4n) is 1.88. The van der Waals surface area contributed by atoms with Gasteiger partial charge in [-0.15, -0.1) is 0 Å². The Morgan fingerprint density at radius 1 is 1.10 bits per heavy atom. The summed E-state index contributed by atoms with van der Waals surface area (Å²) < 4.78 is 10.8. The van der Waals surface area contributed by atoms with E-state index in [0.29, 0.717) is 11.5 Å². The lowest BCUT2D eigenvalue weighted by Gasteiger charge is -2.16. The van der Waals surface area contributed by atoms with Gasteiger partial charge in [0.1, 0.15) is 11.5 Å². The van der Waals surface area contributed by atoms with E-state index >= 15 is 0 Å². The summed E-state index contributed by atoms with van der Waals surface area (Å²) >= 11 is 0. The number of benzene rings is 2. The van der Waals surface area contributed by atoms with Gasteiger partial charge in [-0.3, -0.25) is 4.79 Å². The Hall–Kier alpha value is -2.49. The monoisotopic (exact) mass is 285 g/mol. The predicted molar refractivity (Wildman–Crippen MR) is 82.9 cm³/mol. The molecule has 0 saturated heterocycles. The molecule has 1 N–H and O–H groups in total. The van der Waals surface area contributed by atoms with Gasteiger partial charge < -0.3 is 14.8 Å². The standard InChI is InChI=1S/C17H19NO3/c1-12-7-4-5-10-16(12)18-17(19)13(2)21-15-9-6-8-14(11-15)20-3/h4-11,13H,1-3H3,(H,18,19)/t13-/m0/s1. The molecule has 0 radical (unpaired) electrons. The van der Waals surface area contributed by atoms with Gasteiger partial charge in [0.25, 0.3) is 5.91 Å². The molecular weight excluding hydrogens is 266 g/mol. The molecule has 0 unspecified atom stereocenters. The molecule has 1 amide bonds. The highest BCUT2D eigenvalue weighted by molar-refractivity contribution is 5.94. The Bertz CT molecular complexity index is 625. The van der Waals surface area contributed by atoms with Crippen molar-refractivity contribution in [3.8, 4) is 11.5 Å². The third-order valence-corrected chi connectivity index (χ3v) is 3.13. The molecule has 110 valence electrons. The third-order valence-electron chi connectivity index (χ3n) is 3.13. The van der Waals surface area contributed by atoms with E-state index < -0.39 is 6.10 Å². The molecule has 0 bridgehead atoms. The molecule has 21 heavy (non-hydrogen) atoms. The summed E-state index contributed by atoms with van der Waals surface area (Å²) in [6.45, 7) is 3.66. The molecule has 4 heteroatoms. The summed E-state index contributed by atoms with van der Waals surface area (Å²) in [5.74, 6) is 1.10. The van der Waals surface area contributed by atoms with Crippen LogP contribution < -0.4 is 14.8 Å². The van der Waals surface area contributed by atoms with E-state index in [0.717, 1.165) is 11.3 Å². The van der Waals surface area contributed by atoms with E-state index in [-0.39, 0.29) is 5.91 Å². The van der Waals surface area contributed by atoms with Crippen molar-refractivity contribution < 1.29 is 14.3 Å². The van der Waals surface area contributed by atoms with E-state index in [1.807, 2.05) is 43.3 Å². The van der Waals surface area contributed by atoms with E-state index in [4.69, 9.17) is 9.47 Å². The minimum absolute atomic E-state index is 0.188. The van der Waals surface area contributed by atoms with Crippen LogP contribution in [0.5, 0.6) is 11.5 Å². The fraction of sp³-hybridized carbons (Fsp3) is 0.235. The van der Waals surface area contributed by atoms with Gasteiger partial charge in [-0.25, -0.2) is 0 Å². The first kappa shape index (κ1) is 14.9. The van der Waals surface area contributed by atoms with Crippen LogP contribution in [0.15, 0.2) is 48.5 Å². The SMILES string of the molecule is COc1cccc(O[C@@H](C)C(=O)Nc2ccccc2C)c1. The number of carbonyl (C=O) groups excluding carboxylic acids is 1. The molecule has 0 saturated carbocycles. The number of nitrogens with one attached hydrogen (secondary N) is 1. The summed E-state index contributed by atoms with van der Waals surface area (Å²) in [5.41, 5.74) is 1.81. The highest BCUT2D eigenvalue weighted by Crippen LogP contribution is 2.20. The minimum atomic E-state index is -0.600. The first-order valence-corrected chi connectivity index (χ1v) is 6.77. The van der Waals surface area contributed by atoms with Crippen molar-refractivity contribution in [3.63, 3.8) is 0 Å². The molecule has 2 aromatic carbocycles. The van der Waals surface area contributed by atoms with Crippen molar-refractivity contribution in [1.82, 2.24) is 0 Å². The Morgan fingerprint density at radius 2 is 1.81 bits per heavy atom. The van der Waals surface area contributed by atoms with Crippen LogP contribution >= 0.6 is 0 Å². The normalized spacial score (nSPS) is 11.6. The molecule has 0 aromatic heterocycles. The summed E-state index contributed by atoms with van der Waals surface area (Å²) in [6, 6.07) is 14.8. The van der Waals surface area contributed by atoms with Crippen LogP contribution in [0.4, 0.5) is 5.69 Å². The van der Waals surface area contributed by atoms with Crippen molar-refractivity contribution in [1.29, 1.82) is 0 Å².